The number of aliphatic carboxylic acids is 1. The van der Waals surface area contributed by atoms with Crippen LogP contribution in [0.4, 0.5) is 0 Å². The van der Waals surface area contributed by atoms with Crippen LogP contribution in [0.25, 0.3) is 0 Å². The molecule has 200 valence electrons. The molecule has 0 unspecified atom stereocenters. The zero-order chi connectivity index (χ0) is 27.3. The number of likely N-dealkylation sites (tertiary alicyclic amines) is 1. The predicted molar refractivity (Wildman–Crippen MR) is 120 cm³/mol. The monoisotopic (exact) mass is 513 g/mol. The standard InChI is InChI=1S/C20H31N7O9/c1-11(28)22-8-15(30)24-10-17(32)26-12(4-5-18(33)34)20(36)27-6-2-3-13(27)19(35)25-9-16(31)23-7-14(21)29/h12-13H,2-10H2,1H3,(H2,21,29)(H,22,28)(H,23,31)(H,24,30)(H,25,35)(H,26,32)(H,33,34)/t12-,13-/m0/s1. The Hall–Kier alpha value is -4.24. The Bertz CT molecular complexity index is 893. The molecule has 1 aliphatic rings. The maximum absolute atomic E-state index is 13.1. The molecule has 1 fully saturated rings. The van der Waals surface area contributed by atoms with E-state index < -0.39 is 85.5 Å². The van der Waals surface area contributed by atoms with E-state index >= 15 is 0 Å². The SMILES string of the molecule is CC(=O)NCC(=O)NCC(=O)N[C@@H](CCC(=O)O)C(=O)N1CCC[C@H]1C(=O)NCC(=O)NCC(N)=O. The summed E-state index contributed by atoms with van der Waals surface area (Å²) >= 11 is 0. The lowest BCUT2D eigenvalue weighted by atomic mass is 10.1. The van der Waals surface area contributed by atoms with Gasteiger partial charge in [0.05, 0.1) is 26.2 Å². The summed E-state index contributed by atoms with van der Waals surface area (Å²) in [5.74, 6) is -5.82. The van der Waals surface area contributed by atoms with E-state index in [-0.39, 0.29) is 25.9 Å². The third kappa shape index (κ3) is 11.3. The second-order valence-corrected chi connectivity index (χ2v) is 7.89. The Kier molecular flexibility index (Phi) is 12.3. The third-order valence-electron chi connectivity index (χ3n) is 4.95. The van der Waals surface area contributed by atoms with E-state index in [4.69, 9.17) is 10.8 Å². The number of carboxylic acid groups (broad SMARTS) is 1. The first-order valence-electron chi connectivity index (χ1n) is 11.1. The summed E-state index contributed by atoms with van der Waals surface area (Å²) in [7, 11) is 0. The molecule has 1 heterocycles. The second kappa shape index (κ2) is 14.9. The van der Waals surface area contributed by atoms with Crippen molar-refractivity contribution in [2.75, 3.05) is 32.7 Å². The normalized spacial score (nSPS) is 15.2. The van der Waals surface area contributed by atoms with Gasteiger partial charge in [0.25, 0.3) is 0 Å². The van der Waals surface area contributed by atoms with Crippen molar-refractivity contribution in [3.63, 3.8) is 0 Å². The van der Waals surface area contributed by atoms with Crippen LogP contribution in [0.5, 0.6) is 0 Å². The van der Waals surface area contributed by atoms with Crippen molar-refractivity contribution in [1.82, 2.24) is 31.5 Å². The lowest BCUT2D eigenvalue weighted by Crippen LogP contribution is -2.55. The van der Waals surface area contributed by atoms with Gasteiger partial charge in [0.2, 0.25) is 41.4 Å². The van der Waals surface area contributed by atoms with Gasteiger partial charge in [0.15, 0.2) is 0 Å². The summed E-state index contributed by atoms with van der Waals surface area (Å²) in [6, 6.07) is -2.24. The largest absolute Gasteiger partial charge is 0.481 e. The number of carbonyl (C=O) groups excluding carboxylic acids is 7. The number of hydrogen-bond acceptors (Lipinski definition) is 8. The van der Waals surface area contributed by atoms with E-state index in [9.17, 15) is 38.4 Å². The molecule has 0 aromatic rings. The van der Waals surface area contributed by atoms with E-state index in [1.54, 1.807) is 0 Å². The zero-order valence-corrected chi connectivity index (χ0v) is 19.8. The van der Waals surface area contributed by atoms with Crippen molar-refractivity contribution in [1.29, 1.82) is 0 Å². The van der Waals surface area contributed by atoms with Gasteiger partial charge < -0.3 is 42.3 Å². The Morgan fingerprint density at radius 2 is 1.47 bits per heavy atom. The first kappa shape index (κ1) is 29.8. The minimum absolute atomic E-state index is 0.164. The van der Waals surface area contributed by atoms with Gasteiger partial charge in [0.1, 0.15) is 12.1 Å². The Labute approximate surface area is 206 Å². The van der Waals surface area contributed by atoms with Gasteiger partial charge in [-0.25, -0.2) is 0 Å². The van der Waals surface area contributed by atoms with Crippen molar-refractivity contribution in [2.24, 2.45) is 5.73 Å². The Balaban J connectivity index is 2.74. The fraction of sp³-hybridized carbons (Fsp3) is 0.600. The number of primary amides is 1. The highest BCUT2D eigenvalue weighted by Crippen LogP contribution is 2.19. The van der Waals surface area contributed by atoms with Crippen LogP contribution >= 0.6 is 0 Å². The average molecular weight is 514 g/mol. The molecule has 0 bridgehead atoms. The molecule has 0 aliphatic carbocycles. The third-order valence-corrected chi connectivity index (χ3v) is 4.95. The number of hydrogen-bond donors (Lipinski definition) is 7. The van der Waals surface area contributed by atoms with Crippen molar-refractivity contribution in [3.05, 3.63) is 0 Å². The molecule has 1 aliphatic heterocycles. The summed E-state index contributed by atoms with van der Waals surface area (Å²) < 4.78 is 0. The summed E-state index contributed by atoms with van der Waals surface area (Å²) in [5.41, 5.74) is 4.92. The van der Waals surface area contributed by atoms with Crippen molar-refractivity contribution >= 4 is 47.3 Å². The van der Waals surface area contributed by atoms with E-state index in [1.165, 1.54) is 11.8 Å². The molecule has 7 amide bonds. The molecule has 8 N–H and O–H groups in total. The van der Waals surface area contributed by atoms with Crippen LogP contribution in [0.15, 0.2) is 0 Å². The Morgan fingerprint density at radius 1 is 0.889 bits per heavy atom. The fourth-order valence-corrected chi connectivity index (χ4v) is 3.25. The lowest BCUT2D eigenvalue weighted by Gasteiger charge is -2.28. The molecule has 36 heavy (non-hydrogen) atoms. The van der Waals surface area contributed by atoms with Crippen molar-refractivity contribution in [2.45, 2.75) is 44.7 Å². The van der Waals surface area contributed by atoms with E-state index in [0.29, 0.717) is 6.42 Å². The Morgan fingerprint density at radius 3 is 2.06 bits per heavy atom. The van der Waals surface area contributed by atoms with Crippen LogP contribution in [0.1, 0.15) is 32.6 Å². The number of nitrogens with one attached hydrogen (secondary N) is 5. The van der Waals surface area contributed by atoms with Gasteiger partial charge in [0, 0.05) is 19.9 Å². The van der Waals surface area contributed by atoms with E-state index in [1.807, 2.05) is 0 Å². The number of carboxylic acids is 1. The summed E-state index contributed by atoms with van der Waals surface area (Å²) in [6.45, 7) is -0.362. The molecule has 0 aromatic carbocycles. The predicted octanol–water partition coefficient (Wildman–Crippen LogP) is -4.70. The van der Waals surface area contributed by atoms with Crippen LogP contribution in [-0.2, 0) is 38.4 Å². The van der Waals surface area contributed by atoms with Crippen molar-refractivity contribution in [3.8, 4) is 0 Å². The van der Waals surface area contributed by atoms with E-state index in [0.717, 1.165) is 0 Å². The van der Waals surface area contributed by atoms with Gasteiger partial charge in [-0.05, 0) is 19.3 Å². The molecule has 0 saturated carbocycles. The maximum atomic E-state index is 13.1. The number of nitrogens with two attached hydrogens (primary N) is 1. The highest BCUT2D eigenvalue weighted by Gasteiger charge is 2.37. The second-order valence-electron chi connectivity index (χ2n) is 7.89. The highest BCUT2D eigenvalue weighted by atomic mass is 16.4. The molecular weight excluding hydrogens is 482 g/mol. The molecule has 1 rings (SSSR count). The minimum Gasteiger partial charge on any atom is -0.481 e. The van der Waals surface area contributed by atoms with Gasteiger partial charge in [-0.15, -0.1) is 0 Å². The molecule has 0 spiro atoms. The first-order valence-corrected chi connectivity index (χ1v) is 11.1. The quantitative estimate of drug-likeness (QED) is 0.118. The summed E-state index contributed by atoms with van der Waals surface area (Å²) in [4.78, 5) is 95.0. The minimum atomic E-state index is -1.28. The molecule has 16 nitrogen and oxygen atoms in total. The van der Waals surface area contributed by atoms with Crippen LogP contribution in [0.2, 0.25) is 0 Å². The molecule has 0 radical (unpaired) electrons. The van der Waals surface area contributed by atoms with Crippen LogP contribution in [0, 0.1) is 0 Å². The topological polar surface area (TPSA) is 246 Å². The fourth-order valence-electron chi connectivity index (χ4n) is 3.25. The summed E-state index contributed by atoms with van der Waals surface area (Å²) in [6.07, 6.45) is 0.0200. The zero-order valence-electron chi connectivity index (χ0n) is 19.8. The smallest absolute Gasteiger partial charge is 0.303 e. The number of nitrogens with zero attached hydrogens (tertiary/aromatic N) is 1. The molecule has 2 atom stereocenters. The van der Waals surface area contributed by atoms with Crippen LogP contribution < -0.4 is 32.3 Å². The number of amides is 7. The van der Waals surface area contributed by atoms with Crippen LogP contribution in [0.3, 0.4) is 0 Å². The molecular formula is C20H31N7O9. The highest BCUT2D eigenvalue weighted by molar-refractivity contribution is 5.95. The van der Waals surface area contributed by atoms with E-state index in [2.05, 4.69) is 26.6 Å². The first-order chi connectivity index (χ1) is 16.9. The van der Waals surface area contributed by atoms with Crippen molar-refractivity contribution < 1.29 is 43.5 Å². The number of carbonyl (C=O) groups is 8. The average Bonchev–Trinajstić information content (AvgIpc) is 3.30. The lowest BCUT2D eigenvalue weighted by molar-refractivity contribution is -0.143. The summed E-state index contributed by atoms with van der Waals surface area (Å²) in [5, 5.41) is 20.4. The number of rotatable bonds is 14. The molecule has 1 saturated heterocycles. The van der Waals surface area contributed by atoms with Gasteiger partial charge in [-0.2, -0.15) is 0 Å². The molecule has 0 aromatic heterocycles. The van der Waals surface area contributed by atoms with Gasteiger partial charge in [-0.3, -0.25) is 38.4 Å². The van der Waals surface area contributed by atoms with Gasteiger partial charge >= 0.3 is 5.97 Å². The maximum Gasteiger partial charge on any atom is 0.303 e. The molecule has 16 heteroatoms. The van der Waals surface area contributed by atoms with Gasteiger partial charge in [-0.1, -0.05) is 0 Å². The van der Waals surface area contributed by atoms with Crippen LogP contribution in [-0.4, -0.2) is 102 Å².